The molecule has 64 valence electrons. The fourth-order valence-electron chi connectivity index (χ4n) is 1.34. The molecule has 1 aromatic heterocycles. The summed E-state index contributed by atoms with van der Waals surface area (Å²) in [6.07, 6.45) is 4.01. The Balaban J connectivity index is 2.70. The SMILES string of the molecule is CSc1c[nH]c2cc(C#N)ccc12. The fraction of sp³-hybridized carbons (Fsp3) is 0.100. The smallest absolute Gasteiger partial charge is 0.0992 e. The lowest BCUT2D eigenvalue weighted by Crippen LogP contribution is -1.73. The molecule has 0 spiro atoms. The Kier molecular flexibility index (Phi) is 1.99. The zero-order valence-corrected chi connectivity index (χ0v) is 7.98. The molecular formula is C10H8N2S. The summed E-state index contributed by atoms with van der Waals surface area (Å²) >= 11 is 1.70. The van der Waals surface area contributed by atoms with E-state index in [1.54, 1.807) is 11.8 Å². The number of H-pyrrole nitrogens is 1. The second-order valence-electron chi connectivity index (χ2n) is 2.73. The monoisotopic (exact) mass is 188 g/mol. The van der Waals surface area contributed by atoms with Gasteiger partial charge in [0.05, 0.1) is 11.6 Å². The standard InChI is InChI=1S/C10H8N2S/c1-13-10-6-12-9-4-7(5-11)2-3-8(9)10/h2-4,6,12H,1H3. The zero-order valence-electron chi connectivity index (χ0n) is 7.16. The lowest BCUT2D eigenvalue weighted by Gasteiger charge is -1.92. The second-order valence-corrected chi connectivity index (χ2v) is 3.58. The number of fused-ring (bicyclic) bond motifs is 1. The third-order valence-electron chi connectivity index (χ3n) is 1.99. The fourth-order valence-corrected chi connectivity index (χ4v) is 1.91. The van der Waals surface area contributed by atoms with Crippen LogP contribution in [0.1, 0.15) is 5.56 Å². The maximum absolute atomic E-state index is 8.69. The molecule has 1 heterocycles. The third-order valence-corrected chi connectivity index (χ3v) is 2.77. The average molecular weight is 188 g/mol. The van der Waals surface area contributed by atoms with Crippen molar-refractivity contribution in [2.24, 2.45) is 0 Å². The van der Waals surface area contributed by atoms with Crippen molar-refractivity contribution in [3.05, 3.63) is 30.0 Å². The zero-order chi connectivity index (χ0) is 9.26. The molecule has 2 rings (SSSR count). The van der Waals surface area contributed by atoms with Crippen LogP contribution in [0.2, 0.25) is 0 Å². The van der Waals surface area contributed by atoms with Gasteiger partial charge >= 0.3 is 0 Å². The van der Waals surface area contributed by atoms with Crippen molar-refractivity contribution in [2.75, 3.05) is 6.26 Å². The van der Waals surface area contributed by atoms with Gasteiger partial charge in [0.15, 0.2) is 0 Å². The van der Waals surface area contributed by atoms with Gasteiger partial charge in [0.2, 0.25) is 0 Å². The first-order valence-electron chi connectivity index (χ1n) is 3.90. The van der Waals surface area contributed by atoms with E-state index < -0.39 is 0 Å². The van der Waals surface area contributed by atoms with Crippen molar-refractivity contribution in [3.63, 3.8) is 0 Å². The quantitative estimate of drug-likeness (QED) is 0.699. The molecule has 2 aromatic rings. The minimum Gasteiger partial charge on any atom is -0.360 e. The Labute approximate surface area is 80.6 Å². The average Bonchev–Trinajstić information content (AvgIpc) is 2.59. The molecule has 0 aliphatic rings. The van der Waals surface area contributed by atoms with E-state index >= 15 is 0 Å². The van der Waals surface area contributed by atoms with Crippen LogP contribution in [0, 0.1) is 11.3 Å². The van der Waals surface area contributed by atoms with E-state index in [4.69, 9.17) is 5.26 Å². The van der Waals surface area contributed by atoms with Crippen LogP contribution in [0.25, 0.3) is 10.9 Å². The third kappa shape index (κ3) is 1.30. The van der Waals surface area contributed by atoms with Crippen LogP contribution in [-0.2, 0) is 0 Å². The normalized spacial score (nSPS) is 10.2. The molecule has 0 atom stereocenters. The minimum absolute atomic E-state index is 0.696. The summed E-state index contributed by atoms with van der Waals surface area (Å²) in [6.45, 7) is 0. The van der Waals surface area contributed by atoms with Gasteiger partial charge in [0.25, 0.3) is 0 Å². The van der Waals surface area contributed by atoms with Crippen LogP contribution in [-0.4, -0.2) is 11.2 Å². The number of nitriles is 1. The highest BCUT2D eigenvalue weighted by molar-refractivity contribution is 7.98. The van der Waals surface area contributed by atoms with E-state index in [0.29, 0.717) is 5.56 Å². The summed E-state index contributed by atoms with van der Waals surface area (Å²) in [4.78, 5) is 4.36. The van der Waals surface area contributed by atoms with Crippen LogP contribution in [0.3, 0.4) is 0 Å². The predicted molar refractivity (Wildman–Crippen MR) is 54.8 cm³/mol. The number of hydrogen-bond donors (Lipinski definition) is 1. The van der Waals surface area contributed by atoms with Gasteiger partial charge in [-0.05, 0) is 18.4 Å². The van der Waals surface area contributed by atoms with Crippen molar-refractivity contribution >= 4 is 22.7 Å². The summed E-state index contributed by atoms with van der Waals surface area (Å²) in [5, 5.41) is 9.88. The lowest BCUT2D eigenvalue weighted by molar-refractivity contribution is 1.41. The van der Waals surface area contributed by atoms with E-state index in [9.17, 15) is 0 Å². The molecule has 1 N–H and O–H groups in total. The van der Waals surface area contributed by atoms with E-state index in [2.05, 4.69) is 11.1 Å². The largest absolute Gasteiger partial charge is 0.360 e. The second kappa shape index (κ2) is 3.15. The number of rotatable bonds is 1. The van der Waals surface area contributed by atoms with Gasteiger partial charge in [-0.2, -0.15) is 5.26 Å². The Bertz CT molecular complexity index is 479. The molecule has 0 aliphatic heterocycles. The number of aromatic nitrogens is 1. The van der Waals surface area contributed by atoms with Crippen molar-refractivity contribution in [3.8, 4) is 6.07 Å². The molecule has 0 saturated carbocycles. The summed E-state index contributed by atoms with van der Waals surface area (Å²) in [7, 11) is 0. The summed E-state index contributed by atoms with van der Waals surface area (Å²) in [6, 6.07) is 7.82. The van der Waals surface area contributed by atoms with Crippen LogP contribution < -0.4 is 0 Å². The van der Waals surface area contributed by atoms with E-state index in [1.165, 1.54) is 10.3 Å². The predicted octanol–water partition coefficient (Wildman–Crippen LogP) is 2.76. The first-order chi connectivity index (χ1) is 6.35. The highest BCUT2D eigenvalue weighted by Crippen LogP contribution is 2.26. The first kappa shape index (κ1) is 8.21. The van der Waals surface area contributed by atoms with Gasteiger partial charge in [-0.3, -0.25) is 0 Å². The molecule has 13 heavy (non-hydrogen) atoms. The van der Waals surface area contributed by atoms with Gasteiger partial charge in [-0.15, -0.1) is 11.8 Å². The topological polar surface area (TPSA) is 39.6 Å². The van der Waals surface area contributed by atoms with Crippen molar-refractivity contribution in [1.29, 1.82) is 5.26 Å². The van der Waals surface area contributed by atoms with Crippen LogP contribution in [0.15, 0.2) is 29.3 Å². The number of benzene rings is 1. The van der Waals surface area contributed by atoms with Gasteiger partial charge in [-0.1, -0.05) is 6.07 Å². The first-order valence-corrected chi connectivity index (χ1v) is 5.13. The Morgan fingerprint density at radius 2 is 2.31 bits per heavy atom. The molecular weight excluding hydrogens is 180 g/mol. The Hall–Kier alpha value is -1.40. The highest BCUT2D eigenvalue weighted by Gasteiger charge is 2.02. The molecule has 0 bridgehead atoms. The molecule has 0 amide bonds. The van der Waals surface area contributed by atoms with Crippen molar-refractivity contribution in [1.82, 2.24) is 4.98 Å². The van der Waals surface area contributed by atoms with Crippen molar-refractivity contribution < 1.29 is 0 Å². The molecule has 2 nitrogen and oxygen atoms in total. The summed E-state index contributed by atoms with van der Waals surface area (Å²) < 4.78 is 0. The number of thioether (sulfide) groups is 1. The highest BCUT2D eigenvalue weighted by atomic mass is 32.2. The van der Waals surface area contributed by atoms with Gasteiger partial charge in [-0.25, -0.2) is 0 Å². The number of aromatic amines is 1. The Morgan fingerprint density at radius 1 is 1.46 bits per heavy atom. The molecule has 0 unspecified atom stereocenters. The maximum Gasteiger partial charge on any atom is 0.0992 e. The van der Waals surface area contributed by atoms with E-state index in [-0.39, 0.29) is 0 Å². The number of nitrogens with one attached hydrogen (secondary N) is 1. The van der Waals surface area contributed by atoms with E-state index in [0.717, 1.165) is 5.52 Å². The molecule has 0 saturated heterocycles. The minimum atomic E-state index is 0.696. The Morgan fingerprint density at radius 3 is 3.00 bits per heavy atom. The molecule has 0 radical (unpaired) electrons. The summed E-state index contributed by atoms with van der Waals surface area (Å²) in [5.41, 5.74) is 1.73. The van der Waals surface area contributed by atoms with Crippen LogP contribution >= 0.6 is 11.8 Å². The van der Waals surface area contributed by atoms with Gasteiger partial charge in [0.1, 0.15) is 0 Å². The molecule has 0 fully saturated rings. The lowest BCUT2D eigenvalue weighted by atomic mass is 10.2. The molecule has 0 aliphatic carbocycles. The maximum atomic E-state index is 8.69. The molecule has 1 aromatic carbocycles. The van der Waals surface area contributed by atoms with Crippen LogP contribution in [0.5, 0.6) is 0 Å². The van der Waals surface area contributed by atoms with Gasteiger partial charge in [0, 0.05) is 22.0 Å². The van der Waals surface area contributed by atoms with Crippen molar-refractivity contribution in [2.45, 2.75) is 4.90 Å². The molecule has 3 heteroatoms. The van der Waals surface area contributed by atoms with Crippen LogP contribution in [0.4, 0.5) is 0 Å². The van der Waals surface area contributed by atoms with Gasteiger partial charge < -0.3 is 4.98 Å². The number of nitrogens with zero attached hydrogens (tertiary/aromatic N) is 1. The number of hydrogen-bond acceptors (Lipinski definition) is 2. The summed E-state index contributed by atoms with van der Waals surface area (Å²) in [5.74, 6) is 0. The van der Waals surface area contributed by atoms with E-state index in [1.807, 2.05) is 30.7 Å².